The maximum atomic E-state index is 6.05. The first-order valence-corrected chi connectivity index (χ1v) is 6.55. The molecule has 0 aliphatic heterocycles. The fourth-order valence-electron chi connectivity index (χ4n) is 1.93. The third-order valence-electron chi connectivity index (χ3n) is 2.95. The summed E-state index contributed by atoms with van der Waals surface area (Å²) in [5.41, 5.74) is 1.74. The average Bonchev–Trinajstić information content (AvgIpc) is 2.81. The number of furan rings is 1. The van der Waals surface area contributed by atoms with E-state index in [2.05, 4.69) is 23.8 Å². The van der Waals surface area contributed by atoms with Gasteiger partial charge in [-0.3, -0.25) is 0 Å². The van der Waals surface area contributed by atoms with E-state index in [1.165, 1.54) is 0 Å². The van der Waals surface area contributed by atoms with E-state index in [0.29, 0.717) is 22.7 Å². The van der Waals surface area contributed by atoms with Gasteiger partial charge in [0.1, 0.15) is 10.7 Å². The molecule has 0 aliphatic rings. The van der Waals surface area contributed by atoms with Gasteiger partial charge in [-0.2, -0.15) is 0 Å². The van der Waals surface area contributed by atoms with Crippen LogP contribution in [0.25, 0.3) is 22.6 Å². The van der Waals surface area contributed by atoms with Crippen molar-refractivity contribution in [2.45, 2.75) is 19.8 Å². The summed E-state index contributed by atoms with van der Waals surface area (Å²) in [4.78, 5) is 8.75. The molecule has 2 heterocycles. The minimum atomic E-state index is 0.295. The number of rotatable bonds is 2. The zero-order chi connectivity index (χ0) is 13.4. The van der Waals surface area contributed by atoms with Crippen LogP contribution < -0.4 is 0 Å². The Morgan fingerprint density at radius 3 is 2.63 bits per heavy atom. The topological polar surface area (TPSA) is 38.9 Å². The summed E-state index contributed by atoms with van der Waals surface area (Å²) in [5, 5.41) is 1.47. The molecular formula is C15H13ClN2O. The lowest BCUT2D eigenvalue weighted by atomic mass is 10.1. The molecule has 4 heteroatoms. The normalized spacial score (nSPS) is 11.4. The number of nitrogens with zero attached hydrogens (tertiary/aromatic N) is 2. The zero-order valence-corrected chi connectivity index (χ0v) is 11.5. The number of aromatic nitrogens is 2. The Bertz CT molecular complexity index is 701. The summed E-state index contributed by atoms with van der Waals surface area (Å²) in [6, 6.07) is 11.6. The van der Waals surface area contributed by atoms with Crippen LogP contribution in [0.15, 0.2) is 40.8 Å². The van der Waals surface area contributed by atoms with Crippen molar-refractivity contribution in [1.29, 1.82) is 0 Å². The van der Waals surface area contributed by atoms with E-state index in [1.54, 1.807) is 6.07 Å². The second-order valence-electron chi connectivity index (χ2n) is 4.74. The van der Waals surface area contributed by atoms with Crippen LogP contribution >= 0.6 is 11.6 Å². The fraction of sp³-hybridized carbons (Fsp3) is 0.200. The van der Waals surface area contributed by atoms with Gasteiger partial charge in [0.05, 0.1) is 0 Å². The van der Waals surface area contributed by atoms with Crippen LogP contribution in [0, 0.1) is 0 Å². The molecule has 0 atom stereocenters. The van der Waals surface area contributed by atoms with E-state index < -0.39 is 0 Å². The number of halogens is 1. The minimum absolute atomic E-state index is 0.295. The van der Waals surface area contributed by atoms with Gasteiger partial charge in [-0.1, -0.05) is 43.6 Å². The smallest absolute Gasteiger partial charge is 0.197 e. The Kier molecular flexibility index (Phi) is 2.99. The van der Waals surface area contributed by atoms with E-state index >= 15 is 0 Å². The number of hydrogen-bond acceptors (Lipinski definition) is 3. The predicted octanol–water partition coefficient (Wildman–Crippen LogP) is 4.67. The molecule has 3 rings (SSSR count). The van der Waals surface area contributed by atoms with Gasteiger partial charge in [-0.25, -0.2) is 9.97 Å². The highest BCUT2D eigenvalue weighted by molar-refractivity contribution is 6.29. The van der Waals surface area contributed by atoms with E-state index in [9.17, 15) is 0 Å². The molecule has 0 fully saturated rings. The van der Waals surface area contributed by atoms with Crippen molar-refractivity contribution >= 4 is 22.6 Å². The van der Waals surface area contributed by atoms with Gasteiger partial charge >= 0.3 is 0 Å². The Morgan fingerprint density at radius 2 is 1.89 bits per heavy atom. The summed E-state index contributed by atoms with van der Waals surface area (Å²) in [6.45, 7) is 4.14. The van der Waals surface area contributed by atoms with Gasteiger partial charge < -0.3 is 4.42 Å². The van der Waals surface area contributed by atoms with Crippen molar-refractivity contribution in [3.8, 4) is 11.6 Å². The van der Waals surface area contributed by atoms with Gasteiger partial charge in [0.15, 0.2) is 11.6 Å². The highest BCUT2D eigenvalue weighted by atomic mass is 35.5. The Hall–Kier alpha value is -1.87. The molecule has 0 unspecified atom stereocenters. The van der Waals surface area contributed by atoms with Crippen LogP contribution in [0.2, 0.25) is 5.15 Å². The molecule has 2 aromatic heterocycles. The van der Waals surface area contributed by atoms with Crippen LogP contribution in [-0.2, 0) is 0 Å². The van der Waals surface area contributed by atoms with Gasteiger partial charge in [0, 0.05) is 11.1 Å². The lowest BCUT2D eigenvalue weighted by Gasteiger charge is -2.05. The average molecular weight is 273 g/mol. The first-order valence-electron chi connectivity index (χ1n) is 6.17. The lowest BCUT2D eigenvalue weighted by Crippen LogP contribution is -1.97. The molecule has 0 amide bonds. The second kappa shape index (κ2) is 4.67. The summed E-state index contributed by atoms with van der Waals surface area (Å²) < 4.78 is 5.76. The van der Waals surface area contributed by atoms with Crippen molar-refractivity contribution in [2.75, 3.05) is 0 Å². The number of hydrogen-bond donors (Lipinski definition) is 0. The molecule has 19 heavy (non-hydrogen) atoms. The number of para-hydroxylation sites is 1. The zero-order valence-electron chi connectivity index (χ0n) is 10.7. The molecular weight excluding hydrogens is 260 g/mol. The molecule has 0 N–H and O–H groups in total. The number of benzene rings is 1. The van der Waals surface area contributed by atoms with Crippen molar-refractivity contribution in [3.63, 3.8) is 0 Å². The highest BCUT2D eigenvalue weighted by Gasteiger charge is 2.12. The third-order valence-corrected chi connectivity index (χ3v) is 3.15. The maximum absolute atomic E-state index is 6.05. The molecule has 0 spiro atoms. The third kappa shape index (κ3) is 2.34. The van der Waals surface area contributed by atoms with Gasteiger partial charge in [0.25, 0.3) is 0 Å². The molecule has 3 aromatic rings. The molecule has 0 radical (unpaired) electrons. The summed E-state index contributed by atoms with van der Waals surface area (Å²) in [5.74, 6) is 1.47. The summed E-state index contributed by atoms with van der Waals surface area (Å²) in [6.07, 6.45) is 0. The van der Waals surface area contributed by atoms with Crippen LogP contribution in [-0.4, -0.2) is 9.97 Å². The summed E-state index contributed by atoms with van der Waals surface area (Å²) >= 11 is 6.05. The van der Waals surface area contributed by atoms with Crippen LogP contribution in [0.5, 0.6) is 0 Å². The highest BCUT2D eigenvalue weighted by Crippen LogP contribution is 2.27. The second-order valence-corrected chi connectivity index (χ2v) is 5.13. The molecule has 0 saturated carbocycles. The SMILES string of the molecule is CC(C)c1cc(Cl)nc(-c2cc3ccccc3o2)n1. The molecule has 0 aliphatic carbocycles. The van der Waals surface area contributed by atoms with E-state index in [1.807, 2.05) is 30.3 Å². The Balaban J connectivity index is 2.15. The van der Waals surface area contributed by atoms with Crippen LogP contribution in [0.3, 0.4) is 0 Å². The van der Waals surface area contributed by atoms with E-state index in [0.717, 1.165) is 16.7 Å². The molecule has 96 valence electrons. The predicted molar refractivity (Wildman–Crippen MR) is 76.3 cm³/mol. The largest absolute Gasteiger partial charge is 0.453 e. The Morgan fingerprint density at radius 1 is 1.11 bits per heavy atom. The van der Waals surface area contributed by atoms with Gasteiger partial charge in [-0.05, 0) is 24.1 Å². The van der Waals surface area contributed by atoms with E-state index in [-0.39, 0.29) is 0 Å². The maximum Gasteiger partial charge on any atom is 0.197 e. The van der Waals surface area contributed by atoms with Crippen LogP contribution in [0.1, 0.15) is 25.5 Å². The van der Waals surface area contributed by atoms with Crippen molar-refractivity contribution in [1.82, 2.24) is 9.97 Å². The van der Waals surface area contributed by atoms with Crippen molar-refractivity contribution in [3.05, 3.63) is 47.2 Å². The fourth-order valence-corrected chi connectivity index (χ4v) is 2.12. The first kappa shape index (κ1) is 12.2. The van der Waals surface area contributed by atoms with Crippen molar-refractivity contribution < 1.29 is 4.42 Å². The monoisotopic (exact) mass is 272 g/mol. The lowest BCUT2D eigenvalue weighted by molar-refractivity contribution is 0.623. The minimum Gasteiger partial charge on any atom is -0.453 e. The molecule has 3 nitrogen and oxygen atoms in total. The molecule has 1 aromatic carbocycles. The van der Waals surface area contributed by atoms with Crippen LogP contribution in [0.4, 0.5) is 0 Å². The van der Waals surface area contributed by atoms with E-state index in [4.69, 9.17) is 16.0 Å². The molecule has 0 bridgehead atoms. The standard InChI is InChI=1S/C15H13ClN2O/c1-9(2)11-8-14(16)18-15(17-11)13-7-10-5-3-4-6-12(10)19-13/h3-9H,1-2H3. The number of fused-ring (bicyclic) bond motifs is 1. The Labute approximate surface area is 116 Å². The van der Waals surface area contributed by atoms with Gasteiger partial charge in [0.2, 0.25) is 0 Å². The molecule has 0 saturated heterocycles. The van der Waals surface area contributed by atoms with Gasteiger partial charge in [-0.15, -0.1) is 0 Å². The first-order chi connectivity index (χ1) is 9.13. The van der Waals surface area contributed by atoms with Crippen molar-refractivity contribution in [2.24, 2.45) is 0 Å². The quantitative estimate of drug-likeness (QED) is 0.637. The summed E-state index contributed by atoms with van der Waals surface area (Å²) in [7, 11) is 0.